The van der Waals surface area contributed by atoms with E-state index in [0.29, 0.717) is 30.8 Å². The van der Waals surface area contributed by atoms with Gasteiger partial charge in [-0.3, -0.25) is 9.59 Å². The number of carbonyl (C=O) groups excluding carboxylic acids is 2. The molecule has 1 atom stereocenters. The molecule has 0 N–H and O–H groups in total. The number of piperidine rings is 2. The average Bonchev–Trinajstić information content (AvgIpc) is 3.43. The predicted molar refractivity (Wildman–Crippen MR) is 139 cm³/mol. The molecule has 6 nitrogen and oxygen atoms in total. The summed E-state index contributed by atoms with van der Waals surface area (Å²) in [6, 6.07) is 15.2. The molecule has 2 fully saturated rings. The second kappa shape index (κ2) is 11.4. The molecule has 0 saturated carbocycles. The second-order valence-corrected chi connectivity index (χ2v) is 10.3. The van der Waals surface area contributed by atoms with Crippen molar-refractivity contribution in [1.82, 2.24) is 9.80 Å². The van der Waals surface area contributed by atoms with Crippen LogP contribution >= 0.6 is 0 Å². The van der Waals surface area contributed by atoms with Gasteiger partial charge in [-0.2, -0.15) is 0 Å². The fourth-order valence-corrected chi connectivity index (χ4v) is 5.45. The molecule has 38 heavy (non-hydrogen) atoms. The van der Waals surface area contributed by atoms with Gasteiger partial charge in [0.1, 0.15) is 23.1 Å². The van der Waals surface area contributed by atoms with Crippen LogP contribution in [0.1, 0.15) is 49.1 Å². The number of carbonyl (C=O) groups is 2. The van der Waals surface area contributed by atoms with E-state index >= 15 is 0 Å². The molecule has 1 aromatic heterocycles. The summed E-state index contributed by atoms with van der Waals surface area (Å²) < 4.78 is 39.5. The SMILES string of the molecule is O=C(C[C@@]1(COc2ccc(F)cc2)CCCN(C(=O)c2ccc(-c3ccccc3F)o2)C1)N1CCCCC1. The molecule has 0 unspecified atom stereocenters. The van der Waals surface area contributed by atoms with Crippen LogP contribution in [-0.2, 0) is 4.79 Å². The number of halogens is 2. The Balaban J connectivity index is 1.34. The summed E-state index contributed by atoms with van der Waals surface area (Å²) in [5.74, 6) is -0.0805. The summed E-state index contributed by atoms with van der Waals surface area (Å²) in [5, 5.41) is 0. The van der Waals surface area contributed by atoms with Gasteiger partial charge < -0.3 is 19.0 Å². The molecule has 0 spiro atoms. The highest BCUT2D eigenvalue weighted by Crippen LogP contribution is 2.37. The van der Waals surface area contributed by atoms with Gasteiger partial charge in [0.15, 0.2) is 5.76 Å². The molecule has 2 aliphatic rings. The van der Waals surface area contributed by atoms with Crippen LogP contribution in [0.3, 0.4) is 0 Å². The van der Waals surface area contributed by atoms with Gasteiger partial charge >= 0.3 is 0 Å². The van der Waals surface area contributed by atoms with Crippen molar-refractivity contribution in [3.63, 3.8) is 0 Å². The van der Waals surface area contributed by atoms with Crippen LogP contribution in [0, 0.1) is 17.0 Å². The normalized spacial score (nSPS) is 19.8. The van der Waals surface area contributed by atoms with Gasteiger partial charge in [0.25, 0.3) is 5.91 Å². The Morgan fingerprint density at radius 3 is 2.37 bits per heavy atom. The molecule has 2 amide bonds. The van der Waals surface area contributed by atoms with E-state index in [4.69, 9.17) is 9.15 Å². The molecule has 0 bridgehead atoms. The summed E-state index contributed by atoms with van der Waals surface area (Å²) in [6.45, 7) is 2.57. The van der Waals surface area contributed by atoms with Crippen LogP contribution in [0.5, 0.6) is 5.75 Å². The summed E-state index contributed by atoms with van der Waals surface area (Å²) >= 11 is 0. The van der Waals surface area contributed by atoms with Crippen molar-refractivity contribution in [2.75, 3.05) is 32.8 Å². The first-order chi connectivity index (χ1) is 18.4. The van der Waals surface area contributed by atoms with Crippen LogP contribution in [0.15, 0.2) is 65.1 Å². The van der Waals surface area contributed by atoms with Crippen molar-refractivity contribution in [1.29, 1.82) is 0 Å². The Morgan fingerprint density at radius 2 is 1.61 bits per heavy atom. The highest BCUT2D eigenvalue weighted by Gasteiger charge is 2.41. The summed E-state index contributed by atoms with van der Waals surface area (Å²) in [4.78, 5) is 30.4. The molecule has 2 aromatic carbocycles. The highest BCUT2D eigenvalue weighted by molar-refractivity contribution is 5.92. The van der Waals surface area contributed by atoms with Crippen LogP contribution in [0.4, 0.5) is 8.78 Å². The van der Waals surface area contributed by atoms with Crippen LogP contribution < -0.4 is 4.74 Å². The minimum Gasteiger partial charge on any atom is -0.493 e. The number of rotatable bonds is 7. The van der Waals surface area contributed by atoms with Gasteiger partial charge in [-0.25, -0.2) is 8.78 Å². The Bertz CT molecular complexity index is 1270. The predicted octanol–water partition coefficient (Wildman–Crippen LogP) is 5.93. The lowest BCUT2D eigenvalue weighted by atomic mass is 9.77. The molecule has 0 radical (unpaired) electrons. The van der Waals surface area contributed by atoms with Crippen molar-refractivity contribution in [2.45, 2.75) is 38.5 Å². The van der Waals surface area contributed by atoms with Crippen molar-refractivity contribution in [2.24, 2.45) is 5.41 Å². The maximum atomic E-state index is 14.2. The molecule has 2 saturated heterocycles. The van der Waals surface area contributed by atoms with Crippen molar-refractivity contribution in [3.8, 4) is 17.1 Å². The van der Waals surface area contributed by atoms with E-state index < -0.39 is 11.2 Å². The summed E-state index contributed by atoms with van der Waals surface area (Å²) in [7, 11) is 0. The van der Waals surface area contributed by atoms with Crippen molar-refractivity contribution in [3.05, 3.63) is 78.1 Å². The van der Waals surface area contributed by atoms with Crippen LogP contribution in [0.2, 0.25) is 0 Å². The standard InChI is InChI=1S/C30H32F2N2O4/c31-22-9-11-23(12-10-22)37-21-30(19-28(35)33-16-4-1-5-17-33)15-6-18-34(20-30)29(36)27-14-13-26(38-27)24-7-2-3-8-25(24)32/h2-3,7-14H,1,4-6,15-21H2/t30-/m0/s1. The Hall–Kier alpha value is -3.68. The molecule has 3 heterocycles. The first-order valence-corrected chi connectivity index (χ1v) is 13.2. The monoisotopic (exact) mass is 522 g/mol. The molecule has 0 aliphatic carbocycles. The molecule has 3 aromatic rings. The number of benzene rings is 2. The van der Waals surface area contributed by atoms with Crippen LogP contribution in [-0.4, -0.2) is 54.4 Å². The summed E-state index contributed by atoms with van der Waals surface area (Å²) in [5.41, 5.74) is -0.308. The number of ether oxygens (including phenoxy) is 1. The first kappa shape index (κ1) is 25.9. The topological polar surface area (TPSA) is 63.0 Å². The lowest BCUT2D eigenvalue weighted by molar-refractivity contribution is -0.136. The highest BCUT2D eigenvalue weighted by atomic mass is 19.1. The third-order valence-corrected chi connectivity index (χ3v) is 7.50. The van der Waals surface area contributed by atoms with E-state index in [9.17, 15) is 18.4 Å². The van der Waals surface area contributed by atoms with E-state index in [0.717, 1.165) is 38.8 Å². The molecule has 2 aliphatic heterocycles. The zero-order chi connectivity index (χ0) is 26.5. The molecule has 200 valence electrons. The van der Waals surface area contributed by atoms with E-state index in [2.05, 4.69) is 0 Å². The van der Waals surface area contributed by atoms with Gasteiger partial charge in [0.2, 0.25) is 5.91 Å². The first-order valence-electron chi connectivity index (χ1n) is 13.2. The van der Waals surface area contributed by atoms with Gasteiger partial charge in [-0.15, -0.1) is 0 Å². The number of amides is 2. The number of hydrogen-bond acceptors (Lipinski definition) is 4. The van der Waals surface area contributed by atoms with E-state index in [1.165, 1.54) is 18.2 Å². The van der Waals surface area contributed by atoms with Gasteiger partial charge in [-0.1, -0.05) is 12.1 Å². The Kier molecular flexibility index (Phi) is 7.77. The van der Waals surface area contributed by atoms with E-state index in [1.807, 2.05) is 4.90 Å². The molecule has 8 heteroatoms. The average molecular weight is 523 g/mol. The Labute approximate surface area is 221 Å². The smallest absolute Gasteiger partial charge is 0.289 e. The molecule has 5 rings (SSSR count). The van der Waals surface area contributed by atoms with E-state index in [-0.39, 0.29) is 42.2 Å². The minimum atomic E-state index is -0.599. The number of hydrogen-bond donors (Lipinski definition) is 0. The zero-order valence-corrected chi connectivity index (χ0v) is 21.3. The third-order valence-electron chi connectivity index (χ3n) is 7.50. The minimum absolute atomic E-state index is 0.0709. The fourth-order valence-electron chi connectivity index (χ4n) is 5.45. The maximum absolute atomic E-state index is 14.2. The summed E-state index contributed by atoms with van der Waals surface area (Å²) in [6.07, 6.45) is 4.80. The lowest BCUT2D eigenvalue weighted by Gasteiger charge is -2.43. The van der Waals surface area contributed by atoms with Crippen molar-refractivity contribution >= 4 is 11.8 Å². The lowest BCUT2D eigenvalue weighted by Crippen LogP contribution is -2.51. The fraction of sp³-hybridized carbons (Fsp3) is 0.400. The molecular weight excluding hydrogens is 490 g/mol. The van der Waals surface area contributed by atoms with Gasteiger partial charge in [-0.05, 0) is 80.6 Å². The van der Waals surface area contributed by atoms with E-state index in [1.54, 1.807) is 47.4 Å². The number of furan rings is 1. The van der Waals surface area contributed by atoms with Gasteiger partial charge in [0.05, 0.1) is 12.2 Å². The zero-order valence-electron chi connectivity index (χ0n) is 21.3. The van der Waals surface area contributed by atoms with Crippen molar-refractivity contribution < 1.29 is 27.5 Å². The number of likely N-dealkylation sites (tertiary alicyclic amines) is 2. The molecular formula is C30H32F2N2O4. The number of nitrogens with zero attached hydrogens (tertiary/aromatic N) is 2. The third kappa shape index (κ3) is 5.90. The largest absolute Gasteiger partial charge is 0.493 e. The van der Waals surface area contributed by atoms with Crippen LogP contribution in [0.25, 0.3) is 11.3 Å². The van der Waals surface area contributed by atoms with Gasteiger partial charge in [0, 0.05) is 38.0 Å². The Morgan fingerprint density at radius 1 is 0.868 bits per heavy atom. The quantitative estimate of drug-likeness (QED) is 0.386. The maximum Gasteiger partial charge on any atom is 0.289 e. The second-order valence-electron chi connectivity index (χ2n) is 10.3.